The molecule has 0 bridgehead atoms. The molecule has 1 aromatic carbocycles. The number of pyridine rings is 1. The lowest BCUT2D eigenvalue weighted by Gasteiger charge is -2.33. The maximum atomic E-state index is 13.5. The van der Waals surface area contributed by atoms with Gasteiger partial charge in [0, 0.05) is 6.20 Å². The fourth-order valence-corrected chi connectivity index (χ4v) is 5.46. The first-order valence-electron chi connectivity index (χ1n) is 12.0. The Bertz CT molecular complexity index is 1180. The number of hydrogen-bond acceptors (Lipinski definition) is 4. The Morgan fingerprint density at radius 2 is 1.91 bits per heavy atom. The van der Waals surface area contributed by atoms with Crippen LogP contribution < -0.4 is 10.8 Å². The monoisotopic (exact) mass is 446 g/mol. The minimum absolute atomic E-state index is 0.207. The molecule has 3 aliphatic rings. The summed E-state index contributed by atoms with van der Waals surface area (Å²) in [4.78, 5) is 45.7. The summed E-state index contributed by atoms with van der Waals surface area (Å²) in [6, 6.07) is 11.2. The molecule has 1 atom stereocenters. The van der Waals surface area contributed by atoms with Crippen molar-refractivity contribution in [2.24, 2.45) is 4.99 Å². The van der Waals surface area contributed by atoms with E-state index in [0.29, 0.717) is 11.9 Å². The third-order valence-corrected chi connectivity index (χ3v) is 7.19. The molecule has 2 aliphatic carbocycles. The Hall–Kier alpha value is -3.22. The van der Waals surface area contributed by atoms with Gasteiger partial charge in [-0.15, -0.1) is 0 Å². The van der Waals surface area contributed by atoms with Crippen LogP contribution in [-0.4, -0.2) is 39.9 Å². The number of fused-ring (bicyclic) bond motifs is 2. The third-order valence-electron chi connectivity index (χ3n) is 7.19. The normalized spacial score (nSPS) is 23.7. The number of nitrogens with zero attached hydrogens (tertiary/aromatic N) is 3. The van der Waals surface area contributed by atoms with E-state index in [4.69, 9.17) is 4.99 Å². The molecule has 1 saturated heterocycles. The quantitative estimate of drug-likeness (QED) is 0.733. The molecule has 2 heterocycles. The summed E-state index contributed by atoms with van der Waals surface area (Å²) in [5.41, 5.74) is 2.46. The Labute approximate surface area is 193 Å². The van der Waals surface area contributed by atoms with Gasteiger partial charge in [0.1, 0.15) is 17.6 Å². The molecule has 5 rings (SSSR count). The van der Waals surface area contributed by atoms with Crippen molar-refractivity contribution in [1.29, 1.82) is 0 Å². The van der Waals surface area contributed by atoms with Crippen LogP contribution in [0.3, 0.4) is 0 Å². The van der Waals surface area contributed by atoms with Gasteiger partial charge in [-0.2, -0.15) is 0 Å². The van der Waals surface area contributed by atoms with Crippen molar-refractivity contribution in [3.8, 4) is 0 Å². The van der Waals surface area contributed by atoms with Crippen LogP contribution in [0.15, 0.2) is 47.6 Å². The first kappa shape index (κ1) is 21.6. The standard InChI is InChI=1S/C26H30N4O3/c1-18-13-15-29(22(16-18)27-20-10-3-2-4-11-20)23(31)17-30-24(32)26(28-25(30)33)14-7-9-19-8-5-6-12-21(19)26/h5-6,8,12-13,15-16,20H,2-4,7,9-11,14,17H2,1H3,(H,28,33). The summed E-state index contributed by atoms with van der Waals surface area (Å²) in [5.74, 6) is -0.680. The Morgan fingerprint density at radius 1 is 1.12 bits per heavy atom. The highest BCUT2D eigenvalue weighted by atomic mass is 16.2. The van der Waals surface area contributed by atoms with E-state index in [1.54, 1.807) is 6.20 Å². The lowest BCUT2D eigenvalue weighted by atomic mass is 9.76. The highest BCUT2D eigenvalue weighted by Gasteiger charge is 2.54. The van der Waals surface area contributed by atoms with Crippen molar-refractivity contribution in [3.05, 3.63) is 64.8 Å². The average molecular weight is 447 g/mol. The molecule has 33 heavy (non-hydrogen) atoms. The molecule has 1 N–H and O–H groups in total. The number of urea groups is 1. The molecule has 1 aliphatic heterocycles. The van der Waals surface area contributed by atoms with E-state index in [1.807, 2.05) is 43.3 Å². The van der Waals surface area contributed by atoms with Gasteiger partial charge in [-0.3, -0.25) is 24.0 Å². The van der Waals surface area contributed by atoms with Crippen LogP contribution in [0.2, 0.25) is 0 Å². The maximum Gasteiger partial charge on any atom is 0.325 e. The second-order valence-electron chi connectivity index (χ2n) is 9.48. The predicted octanol–water partition coefficient (Wildman–Crippen LogP) is 3.45. The summed E-state index contributed by atoms with van der Waals surface area (Å²) in [6.45, 7) is 1.66. The molecular weight excluding hydrogens is 416 g/mol. The van der Waals surface area contributed by atoms with E-state index in [9.17, 15) is 14.4 Å². The van der Waals surface area contributed by atoms with Gasteiger partial charge in [0.2, 0.25) is 0 Å². The fourth-order valence-electron chi connectivity index (χ4n) is 5.46. The number of hydrogen-bond donors (Lipinski definition) is 1. The highest BCUT2D eigenvalue weighted by Crippen LogP contribution is 2.39. The summed E-state index contributed by atoms with van der Waals surface area (Å²) in [6.07, 6.45) is 9.51. The molecule has 7 heteroatoms. The van der Waals surface area contributed by atoms with Crippen LogP contribution in [0.4, 0.5) is 4.79 Å². The Kier molecular flexibility index (Phi) is 5.64. The lowest BCUT2D eigenvalue weighted by molar-refractivity contribution is -0.131. The van der Waals surface area contributed by atoms with E-state index in [1.165, 1.54) is 11.0 Å². The minimum atomic E-state index is -1.07. The maximum absolute atomic E-state index is 13.5. The fraction of sp³-hybridized carbons (Fsp3) is 0.462. The zero-order valence-corrected chi connectivity index (χ0v) is 19.0. The number of aryl methyl sites for hydroxylation is 2. The van der Waals surface area contributed by atoms with E-state index in [0.717, 1.165) is 60.1 Å². The highest BCUT2D eigenvalue weighted by molar-refractivity contribution is 6.09. The van der Waals surface area contributed by atoms with Gasteiger partial charge in [-0.1, -0.05) is 43.5 Å². The van der Waals surface area contributed by atoms with Crippen LogP contribution in [-0.2, 0) is 16.8 Å². The van der Waals surface area contributed by atoms with Crippen molar-refractivity contribution in [2.45, 2.75) is 69.9 Å². The van der Waals surface area contributed by atoms with Gasteiger partial charge in [0.25, 0.3) is 11.8 Å². The Balaban J connectivity index is 1.43. The molecule has 0 radical (unpaired) electrons. The van der Waals surface area contributed by atoms with Crippen LogP contribution in [0, 0.1) is 6.92 Å². The van der Waals surface area contributed by atoms with Gasteiger partial charge in [0.05, 0.1) is 6.04 Å². The van der Waals surface area contributed by atoms with Gasteiger partial charge >= 0.3 is 6.03 Å². The summed E-state index contributed by atoms with van der Waals surface area (Å²) >= 11 is 0. The second-order valence-corrected chi connectivity index (χ2v) is 9.48. The molecule has 2 aromatic rings. The molecular formula is C26H30N4O3. The number of imide groups is 1. The van der Waals surface area contributed by atoms with Gasteiger partial charge < -0.3 is 5.32 Å². The molecule has 7 nitrogen and oxygen atoms in total. The number of nitrogens with one attached hydrogen (secondary N) is 1. The molecule has 1 spiro atoms. The first-order chi connectivity index (χ1) is 16.0. The Morgan fingerprint density at radius 3 is 2.73 bits per heavy atom. The average Bonchev–Trinajstić information content (AvgIpc) is 3.05. The van der Waals surface area contributed by atoms with Crippen molar-refractivity contribution in [2.75, 3.05) is 6.54 Å². The van der Waals surface area contributed by atoms with Gasteiger partial charge in [0.15, 0.2) is 0 Å². The largest absolute Gasteiger partial charge is 0.325 e. The number of aromatic nitrogens is 1. The van der Waals surface area contributed by atoms with E-state index in [2.05, 4.69) is 5.32 Å². The summed E-state index contributed by atoms with van der Waals surface area (Å²) < 4.78 is 1.49. The van der Waals surface area contributed by atoms with Crippen LogP contribution in [0.1, 0.15) is 66.4 Å². The number of amides is 3. The molecule has 1 saturated carbocycles. The molecule has 172 valence electrons. The van der Waals surface area contributed by atoms with E-state index in [-0.39, 0.29) is 24.4 Å². The second kappa shape index (κ2) is 8.61. The van der Waals surface area contributed by atoms with Crippen molar-refractivity contribution >= 4 is 17.8 Å². The number of benzene rings is 1. The lowest BCUT2D eigenvalue weighted by Crippen LogP contribution is -2.47. The van der Waals surface area contributed by atoms with Crippen LogP contribution >= 0.6 is 0 Å². The van der Waals surface area contributed by atoms with Crippen molar-refractivity contribution in [3.63, 3.8) is 0 Å². The molecule has 2 fully saturated rings. The third kappa shape index (κ3) is 3.90. The molecule has 3 amide bonds. The first-order valence-corrected chi connectivity index (χ1v) is 12.0. The number of rotatable bonds is 3. The molecule has 1 unspecified atom stereocenters. The molecule has 1 aromatic heterocycles. The summed E-state index contributed by atoms with van der Waals surface area (Å²) in [7, 11) is 0. The van der Waals surface area contributed by atoms with Gasteiger partial charge in [-0.25, -0.2) is 4.79 Å². The summed E-state index contributed by atoms with van der Waals surface area (Å²) in [5, 5.41) is 2.92. The van der Waals surface area contributed by atoms with Gasteiger partial charge in [-0.05, 0) is 67.9 Å². The smallest absolute Gasteiger partial charge is 0.319 e. The number of carbonyl (C=O) groups excluding carboxylic acids is 3. The van der Waals surface area contributed by atoms with Crippen LogP contribution in [0.5, 0.6) is 0 Å². The van der Waals surface area contributed by atoms with E-state index >= 15 is 0 Å². The zero-order chi connectivity index (χ0) is 23.0. The number of carbonyl (C=O) groups is 3. The topological polar surface area (TPSA) is 83.8 Å². The van der Waals surface area contributed by atoms with Crippen LogP contribution in [0.25, 0.3) is 0 Å². The van der Waals surface area contributed by atoms with Crippen molar-refractivity contribution in [1.82, 2.24) is 14.8 Å². The minimum Gasteiger partial charge on any atom is -0.319 e. The van der Waals surface area contributed by atoms with E-state index < -0.39 is 11.6 Å². The predicted molar refractivity (Wildman–Crippen MR) is 124 cm³/mol. The SMILES string of the molecule is Cc1ccn(C(=O)CN2C(=O)NC3(CCCc4ccccc43)C2=O)c(=NC2CCCCC2)c1. The zero-order valence-electron chi connectivity index (χ0n) is 19.0. The van der Waals surface area contributed by atoms with Crippen molar-refractivity contribution < 1.29 is 14.4 Å².